The van der Waals surface area contributed by atoms with Gasteiger partial charge in [-0.1, -0.05) is 0 Å². The zero-order valence-electron chi connectivity index (χ0n) is 9.92. The Morgan fingerprint density at radius 1 is 1.10 bits per heavy atom. The monoisotopic (exact) mass is 324 g/mol. The summed E-state index contributed by atoms with van der Waals surface area (Å²) in [5.74, 6) is -10.6. The molecule has 0 bridgehead atoms. The van der Waals surface area contributed by atoms with E-state index >= 15 is 0 Å². The maximum atomic E-state index is 13.3. The SMILES string of the molecule is O=C(Nc1nccs1)OCc1c(F)c(F)c(F)c(F)c1F. The van der Waals surface area contributed by atoms with Crippen LogP contribution in [0, 0.1) is 29.1 Å². The number of halogens is 5. The van der Waals surface area contributed by atoms with Gasteiger partial charge in [0, 0.05) is 11.6 Å². The van der Waals surface area contributed by atoms with Gasteiger partial charge in [-0.15, -0.1) is 11.3 Å². The normalized spacial score (nSPS) is 10.5. The summed E-state index contributed by atoms with van der Waals surface area (Å²) in [5.41, 5.74) is -1.24. The number of benzene rings is 1. The third kappa shape index (κ3) is 3.10. The number of nitrogens with one attached hydrogen (secondary N) is 1. The molecular weight excluding hydrogens is 319 g/mol. The molecular formula is C11H5F5N2O2S. The fourth-order valence-corrected chi connectivity index (χ4v) is 1.84. The van der Waals surface area contributed by atoms with Crippen LogP contribution in [-0.2, 0) is 11.3 Å². The molecule has 1 aromatic heterocycles. The Hall–Kier alpha value is -2.23. The maximum Gasteiger partial charge on any atom is 0.413 e. The van der Waals surface area contributed by atoms with Gasteiger partial charge in [0.25, 0.3) is 0 Å². The Labute approximate surface area is 118 Å². The first-order valence-electron chi connectivity index (χ1n) is 5.25. The van der Waals surface area contributed by atoms with E-state index in [1.165, 1.54) is 6.20 Å². The van der Waals surface area contributed by atoms with Gasteiger partial charge in [-0.3, -0.25) is 5.32 Å². The Morgan fingerprint density at radius 2 is 1.67 bits per heavy atom. The number of thiazole rings is 1. The van der Waals surface area contributed by atoms with Crippen molar-refractivity contribution in [3.8, 4) is 0 Å². The molecule has 0 spiro atoms. The van der Waals surface area contributed by atoms with E-state index in [1.54, 1.807) is 5.38 Å². The van der Waals surface area contributed by atoms with Crippen molar-refractivity contribution in [1.82, 2.24) is 4.98 Å². The zero-order chi connectivity index (χ0) is 15.6. The first kappa shape index (κ1) is 15.2. The molecule has 1 aromatic carbocycles. The highest BCUT2D eigenvalue weighted by molar-refractivity contribution is 7.13. The van der Waals surface area contributed by atoms with Crippen LogP contribution < -0.4 is 5.32 Å². The summed E-state index contributed by atoms with van der Waals surface area (Å²) in [7, 11) is 0. The van der Waals surface area contributed by atoms with E-state index in [4.69, 9.17) is 0 Å². The molecule has 10 heteroatoms. The lowest BCUT2D eigenvalue weighted by Crippen LogP contribution is -2.16. The molecule has 0 fully saturated rings. The summed E-state index contributed by atoms with van der Waals surface area (Å²) in [5, 5.41) is 3.80. The van der Waals surface area contributed by atoms with Gasteiger partial charge in [0.15, 0.2) is 28.4 Å². The number of nitrogens with zero attached hydrogens (tertiary/aromatic N) is 1. The van der Waals surface area contributed by atoms with E-state index in [0.29, 0.717) is 0 Å². The molecule has 0 aliphatic heterocycles. The number of ether oxygens (including phenoxy) is 1. The van der Waals surface area contributed by atoms with E-state index in [-0.39, 0.29) is 5.13 Å². The molecule has 0 radical (unpaired) electrons. The number of hydrogen-bond acceptors (Lipinski definition) is 4. The van der Waals surface area contributed by atoms with Gasteiger partial charge in [-0.05, 0) is 0 Å². The van der Waals surface area contributed by atoms with Crippen molar-refractivity contribution in [2.75, 3.05) is 5.32 Å². The first-order chi connectivity index (χ1) is 9.91. The number of anilines is 1. The average Bonchev–Trinajstić information content (AvgIpc) is 2.96. The highest BCUT2D eigenvalue weighted by Gasteiger charge is 2.26. The highest BCUT2D eigenvalue weighted by Crippen LogP contribution is 2.23. The van der Waals surface area contributed by atoms with Gasteiger partial charge in [-0.2, -0.15) is 0 Å². The third-order valence-electron chi connectivity index (χ3n) is 2.29. The largest absolute Gasteiger partial charge is 0.444 e. The summed E-state index contributed by atoms with van der Waals surface area (Å²) in [6.07, 6.45) is 0.235. The van der Waals surface area contributed by atoms with Crippen LogP contribution >= 0.6 is 11.3 Å². The molecule has 112 valence electrons. The van der Waals surface area contributed by atoms with Crippen molar-refractivity contribution < 1.29 is 31.5 Å². The average molecular weight is 324 g/mol. The Morgan fingerprint density at radius 3 is 2.19 bits per heavy atom. The van der Waals surface area contributed by atoms with Crippen LogP contribution in [0.2, 0.25) is 0 Å². The van der Waals surface area contributed by atoms with E-state index in [2.05, 4.69) is 15.0 Å². The molecule has 2 aromatic rings. The van der Waals surface area contributed by atoms with Gasteiger partial charge in [0.05, 0.1) is 5.56 Å². The van der Waals surface area contributed by atoms with E-state index in [0.717, 1.165) is 11.3 Å². The van der Waals surface area contributed by atoms with E-state index in [9.17, 15) is 26.7 Å². The Kier molecular flexibility index (Phi) is 4.36. The van der Waals surface area contributed by atoms with Gasteiger partial charge in [-0.25, -0.2) is 31.7 Å². The zero-order valence-corrected chi connectivity index (χ0v) is 10.7. The van der Waals surface area contributed by atoms with Crippen LogP contribution in [0.4, 0.5) is 31.9 Å². The number of hydrogen-bond donors (Lipinski definition) is 1. The van der Waals surface area contributed by atoms with Crippen molar-refractivity contribution in [3.05, 3.63) is 46.2 Å². The van der Waals surface area contributed by atoms with Crippen LogP contribution in [0.25, 0.3) is 0 Å². The number of rotatable bonds is 3. The second-order valence-electron chi connectivity index (χ2n) is 3.59. The van der Waals surface area contributed by atoms with Crippen molar-refractivity contribution in [2.45, 2.75) is 6.61 Å². The quantitative estimate of drug-likeness (QED) is 0.533. The minimum absolute atomic E-state index is 0.150. The van der Waals surface area contributed by atoms with Gasteiger partial charge in [0.2, 0.25) is 5.82 Å². The summed E-state index contributed by atoms with van der Waals surface area (Å²) in [6.45, 7) is -1.12. The molecule has 0 aliphatic rings. The van der Waals surface area contributed by atoms with Crippen LogP contribution in [-0.4, -0.2) is 11.1 Å². The fraction of sp³-hybridized carbons (Fsp3) is 0.0909. The van der Waals surface area contributed by atoms with Crippen molar-refractivity contribution in [2.24, 2.45) is 0 Å². The molecule has 1 N–H and O–H groups in total. The van der Waals surface area contributed by atoms with E-state index in [1.807, 2.05) is 0 Å². The highest BCUT2D eigenvalue weighted by atomic mass is 32.1. The molecule has 0 aliphatic carbocycles. The predicted molar refractivity (Wildman–Crippen MR) is 62.2 cm³/mol. The molecule has 0 saturated carbocycles. The molecule has 2 rings (SSSR count). The third-order valence-corrected chi connectivity index (χ3v) is 2.98. The minimum atomic E-state index is -2.28. The molecule has 0 atom stereocenters. The van der Waals surface area contributed by atoms with Crippen LogP contribution in [0.15, 0.2) is 11.6 Å². The van der Waals surface area contributed by atoms with Crippen LogP contribution in [0.3, 0.4) is 0 Å². The smallest absolute Gasteiger partial charge is 0.413 e. The van der Waals surface area contributed by atoms with Crippen molar-refractivity contribution in [1.29, 1.82) is 0 Å². The second-order valence-corrected chi connectivity index (χ2v) is 4.48. The Balaban J connectivity index is 2.12. The Bertz CT molecular complexity index is 649. The maximum absolute atomic E-state index is 13.3. The lowest BCUT2D eigenvalue weighted by Gasteiger charge is -2.09. The van der Waals surface area contributed by atoms with Crippen molar-refractivity contribution in [3.63, 3.8) is 0 Å². The predicted octanol–water partition coefficient (Wildman–Crippen LogP) is 3.59. The molecule has 1 heterocycles. The van der Waals surface area contributed by atoms with Crippen molar-refractivity contribution >= 4 is 22.6 Å². The first-order valence-corrected chi connectivity index (χ1v) is 6.13. The summed E-state index contributed by atoms with van der Waals surface area (Å²) >= 11 is 1.05. The summed E-state index contributed by atoms with van der Waals surface area (Å²) < 4.78 is 69.6. The summed E-state index contributed by atoms with van der Waals surface area (Å²) in [6, 6.07) is 0. The number of carbonyl (C=O) groups is 1. The van der Waals surface area contributed by atoms with Crippen LogP contribution in [0.1, 0.15) is 5.56 Å². The number of carbonyl (C=O) groups excluding carboxylic acids is 1. The topological polar surface area (TPSA) is 51.2 Å². The summed E-state index contributed by atoms with van der Waals surface area (Å²) in [4.78, 5) is 14.9. The molecule has 1 amide bonds. The van der Waals surface area contributed by atoms with Gasteiger partial charge >= 0.3 is 6.09 Å². The molecule has 0 unspecified atom stereocenters. The van der Waals surface area contributed by atoms with Gasteiger partial charge in [0.1, 0.15) is 6.61 Å². The lowest BCUT2D eigenvalue weighted by molar-refractivity contribution is 0.151. The van der Waals surface area contributed by atoms with Crippen LogP contribution in [0.5, 0.6) is 0 Å². The molecule has 4 nitrogen and oxygen atoms in total. The molecule has 21 heavy (non-hydrogen) atoms. The molecule has 0 saturated heterocycles. The lowest BCUT2D eigenvalue weighted by atomic mass is 10.2. The fourth-order valence-electron chi connectivity index (χ4n) is 1.32. The minimum Gasteiger partial charge on any atom is -0.444 e. The van der Waals surface area contributed by atoms with E-state index < -0.39 is 47.3 Å². The standard InChI is InChI=1S/C11H5F5N2O2S/c12-5-4(6(13)8(15)9(16)7(5)14)3-20-11(19)18-10-17-1-2-21-10/h1-2H,3H2,(H,17,18,19). The number of aromatic nitrogens is 1. The second kappa shape index (κ2) is 6.04. The number of amides is 1. The van der Waals surface area contributed by atoms with Gasteiger partial charge < -0.3 is 4.74 Å².